The summed E-state index contributed by atoms with van der Waals surface area (Å²) < 4.78 is 0. The fraction of sp³-hybridized carbons (Fsp3) is 0.643. The Morgan fingerprint density at radius 2 is 1.90 bits per heavy atom. The molecule has 0 unspecified atom stereocenters. The van der Waals surface area contributed by atoms with Crippen LogP contribution >= 0.6 is 0 Å². The van der Waals surface area contributed by atoms with Crippen molar-refractivity contribution < 1.29 is 4.79 Å². The van der Waals surface area contributed by atoms with Crippen LogP contribution in [0, 0.1) is 0 Å². The van der Waals surface area contributed by atoms with E-state index in [0.29, 0.717) is 13.0 Å². The minimum atomic E-state index is -0.195. The largest absolute Gasteiger partial charge is 0.373 e. The van der Waals surface area contributed by atoms with Crippen LogP contribution in [0.15, 0.2) is 6.33 Å². The van der Waals surface area contributed by atoms with Crippen LogP contribution in [0.5, 0.6) is 0 Å². The predicted molar refractivity (Wildman–Crippen MR) is 82.0 cm³/mol. The number of hydrogen-bond donors (Lipinski definition) is 3. The third-order valence-electron chi connectivity index (χ3n) is 2.69. The summed E-state index contributed by atoms with van der Waals surface area (Å²) in [7, 11) is 1.84. The summed E-state index contributed by atoms with van der Waals surface area (Å²) in [5.41, 5.74) is 0.839. The fourth-order valence-corrected chi connectivity index (χ4v) is 1.89. The average Bonchev–Trinajstić information content (AvgIpc) is 2.36. The van der Waals surface area contributed by atoms with E-state index < -0.39 is 0 Å². The molecule has 20 heavy (non-hydrogen) atoms. The standard InChI is InChI=1S/C14H25N5O/c1-6-10-12(15-5)17-9-18-13(10)16-8-7-11(20)19-14(2,3)4/h9H,6-8H2,1-5H3,(H,19,20)(H2,15,16,17,18). The fourth-order valence-electron chi connectivity index (χ4n) is 1.89. The van der Waals surface area contributed by atoms with Gasteiger partial charge < -0.3 is 16.0 Å². The van der Waals surface area contributed by atoms with Gasteiger partial charge in [-0.1, -0.05) is 6.92 Å². The number of hydrogen-bond acceptors (Lipinski definition) is 5. The quantitative estimate of drug-likeness (QED) is 0.740. The van der Waals surface area contributed by atoms with E-state index in [1.807, 2.05) is 27.8 Å². The van der Waals surface area contributed by atoms with Gasteiger partial charge in [-0.05, 0) is 27.2 Å². The van der Waals surface area contributed by atoms with E-state index in [1.165, 1.54) is 6.33 Å². The molecule has 0 fully saturated rings. The Morgan fingerprint density at radius 1 is 1.25 bits per heavy atom. The van der Waals surface area contributed by atoms with Gasteiger partial charge in [-0.2, -0.15) is 0 Å². The zero-order valence-electron chi connectivity index (χ0n) is 13.0. The average molecular weight is 279 g/mol. The van der Waals surface area contributed by atoms with Crippen LogP contribution in [-0.2, 0) is 11.2 Å². The lowest BCUT2D eigenvalue weighted by Crippen LogP contribution is -2.41. The number of rotatable bonds is 6. The minimum Gasteiger partial charge on any atom is -0.373 e. The van der Waals surface area contributed by atoms with Gasteiger partial charge in [0.1, 0.15) is 18.0 Å². The van der Waals surface area contributed by atoms with E-state index >= 15 is 0 Å². The number of carbonyl (C=O) groups is 1. The Kier molecular flexibility index (Phi) is 5.73. The van der Waals surface area contributed by atoms with Crippen molar-refractivity contribution >= 4 is 17.5 Å². The molecule has 1 amide bonds. The maximum atomic E-state index is 11.7. The monoisotopic (exact) mass is 279 g/mol. The topological polar surface area (TPSA) is 78.9 Å². The van der Waals surface area contributed by atoms with Crippen LogP contribution < -0.4 is 16.0 Å². The molecule has 0 aromatic carbocycles. The van der Waals surface area contributed by atoms with Crippen molar-refractivity contribution in [2.24, 2.45) is 0 Å². The highest BCUT2D eigenvalue weighted by Crippen LogP contribution is 2.19. The zero-order chi connectivity index (χ0) is 15.2. The summed E-state index contributed by atoms with van der Waals surface area (Å²) in [6.07, 6.45) is 2.76. The number of anilines is 2. The van der Waals surface area contributed by atoms with E-state index in [0.717, 1.165) is 23.6 Å². The summed E-state index contributed by atoms with van der Waals surface area (Å²) in [6, 6.07) is 0. The third kappa shape index (κ3) is 5.03. The molecule has 0 aliphatic carbocycles. The highest BCUT2D eigenvalue weighted by molar-refractivity contribution is 5.77. The predicted octanol–water partition coefficient (Wildman–Crippen LogP) is 1.80. The smallest absolute Gasteiger partial charge is 0.222 e. The lowest BCUT2D eigenvalue weighted by Gasteiger charge is -2.20. The molecule has 0 atom stereocenters. The molecule has 3 N–H and O–H groups in total. The molecular weight excluding hydrogens is 254 g/mol. The van der Waals surface area contributed by atoms with Gasteiger partial charge in [0, 0.05) is 31.1 Å². The van der Waals surface area contributed by atoms with E-state index in [-0.39, 0.29) is 11.4 Å². The first kappa shape index (κ1) is 16.2. The third-order valence-corrected chi connectivity index (χ3v) is 2.69. The Labute approximate surface area is 120 Å². The Balaban J connectivity index is 2.56. The van der Waals surface area contributed by atoms with Crippen LogP contribution in [0.25, 0.3) is 0 Å². The van der Waals surface area contributed by atoms with Crippen LogP contribution in [0.4, 0.5) is 11.6 Å². The van der Waals surface area contributed by atoms with Crippen molar-refractivity contribution in [2.75, 3.05) is 24.2 Å². The lowest BCUT2D eigenvalue weighted by atomic mass is 10.1. The van der Waals surface area contributed by atoms with Gasteiger partial charge in [0.2, 0.25) is 5.91 Å². The Morgan fingerprint density at radius 3 is 2.45 bits per heavy atom. The molecule has 1 heterocycles. The number of aromatic nitrogens is 2. The second-order valence-electron chi connectivity index (χ2n) is 5.63. The second kappa shape index (κ2) is 7.07. The van der Waals surface area contributed by atoms with Crippen molar-refractivity contribution in [1.82, 2.24) is 15.3 Å². The molecule has 0 saturated carbocycles. The van der Waals surface area contributed by atoms with Gasteiger partial charge in [0.15, 0.2) is 0 Å². The molecule has 0 spiro atoms. The van der Waals surface area contributed by atoms with Crippen LogP contribution in [-0.4, -0.2) is 35.0 Å². The van der Waals surface area contributed by atoms with Gasteiger partial charge >= 0.3 is 0 Å². The highest BCUT2D eigenvalue weighted by Gasteiger charge is 2.13. The van der Waals surface area contributed by atoms with Crippen LogP contribution in [0.3, 0.4) is 0 Å². The Hall–Kier alpha value is -1.85. The molecular formula is C14H25N5O. The van der Waals surface area contributed by atoms with Gasteiger partial charge in [0.25, 0.3) is 0 Å². The molecule has 0 aliphatic heterocycles. The minimum absolute atomic E-state index is 0.0333. The summed E-state index contributed by atoms with van der Waals surface area (Å²) in [4.78, 5) is 20.1. The summed E-state index contributed by atoms with van der Waals surface area (Å²) in [5.74, 6) is 1.64. The van der Waals surface area contributed by atoms with Crippen molar-refractivity contribution in [3.05, 3.63) is 11.9 Å². The first-order chi connectivity index (χ1) is 9.37. The normalized spacial score (nSPS) is 11.1. The molecule has 0 radical (unpaired) electrons. The molecule has 0 aliphatic rings. The SMILES string of the molecule is CCc1c(NC)ncnc1NCCC(=O)NC(C)(C)C. The summed E-state index contributed by atoms with van der Waals surface area (Å²) in [6.45, 7) is 8.51. The summed E-state index contributed by atoms with van der Waals surface area (Å²) in [5, 5.41) is 9.18. The van der Waals surface area contributed by atoms with Gasteiger partial charge in [-0.3, -0.25) is 4.79 Å². The number of nitrogens with one attached hydrogen (secondary N) is 3. The van der Waals surface area contributed by atoms with Crippen molar-refractivity contribution in [3.8, 4) is 0 Å². The van der Waals surface area contributed by atoms with Crippen LogP contribution in [0.2, 0.25) is 0 Å². The van der Waals surface area contributed by atoms with Crippen molar-refractivity contribution in [2.45, 2.75) is 46.1 Å². The molecule has 0 saturated heterocycles. The lowest BCUT2D eigenvalue weighted by molar-refractivity contribution is -0.122. The van der Waals surface area contributed by atoms with E-state index in [4.69, 9.17) is 0 Å². The number of carbonyl (C=O) groups excluding carboxylic acids is 1. The van der Waals surface area contributed by atoms with E-state index in [2.05, 4.69) is 32.8 Å². The zero-order valence-corrected chi connectivity index (χ0v) is 13.0. The Bertz CT molecular complexity index is 453. The molecule has 1 aromatic rings. The number of nitrogens with zero attached hydrogens (tertiary/aromatic N) is 2. The van der Waals surface area contributed by atoms with E-state index in [1.54, 1.807) is 0 Å². The maximum Gasteiger partial charge on any atom is 0.222 e. The van der Waals surface area contributed by atoms with Gasteiger partial charge in [0.05, 0.1) is 0 Å². The molecule has 1 rings (SSSR count). The van der Waals surface area contributed by atoms with E-state index in [9.17, 15) is 4.79 Å². The first-order valence-corrected chi connectivity index (χ1v) is 6.94. The van der Waals surface area contributed by atoms with Crippen molar-refractivity contribution in [1.29, 1.82) is 0 Å². The molecule has 0 bridgehead atoms. The molecule has 6 heteroatoms. The van der Waals surface area contributed by atoms with Gasteiger partial charge in [-0.25, -0.2) is 9.97 Å². The van der Waals surface area contributed by atoms with Crippen LogP contribution in [0.1, 0.15) is 39.7 Å². The first-order valence-electron chi connectivity index (χ1n) is 6.94. The second-order valence-corrected chi connectivity index (χ2v) is 5.63. The molecule has 112 valence electrons. The molecule has 6 nitrogen and oxygen atoms in total. The van der Waals surface area contributed by atoms with Crippen molar-refractivity contribution in [3.63, 3.8) is 0 Å². The molecule has 1 aromatic heterocycles. The number of amides is 1. The maximum absolute atomic E-state index is 11.7. The summed E-state index contributed by atoms with van der Waals surface area (Å²) >= 11 is 0. The highest BCUT2D eigenvalue weighted by atomic mass is 16.1. The van der Waals surface area contributed by atoms with Gasteiger partial charge in [-0.15, -0.1) is 0 Å².